The number of carbonyl (C=O) groups excluding carboxylic acids is 1. The number of hydrogen-bond acceptors (Lipinski definition) is 5. The average Bonchev–Trinajstić information content (AvgIpc) is 3.16. The number of halogens is 1. The van der Waals surface area contributed by atoms with Crippen LogP contribution in [0.5, 0.6) is 0 Å². The number of esters is 1. The first kappa shape index (κ1) is 25.9. The molecule has 0 aromatic heterocycles. The Morgan fingerprint density at radius 1 is 1.13 bits per heavy atom. The van der Waals surface area contributed by atoms with Crippen LogP contribution in [0.3, 0.4) is 0 Å². The first-order valence-corrected chi connectivity index (χ1v) is 11.2. The number of nitrogens with zero attached hydrogens (tertiary/aromatic N) is 4. The molecule has 0 saturated carbocycles. The highest BCUT2D eigenvalue weighted by Gasteiger charge is 2.36. The van der Waals surface area contributed by atoms with E-state index in [-0.39, 0.29) is 41.8 Å². The van der Waals surface area contributed by atoms with Gasteiger partial charge in [-0.25, -0.2) is 0 Å². The molecule has 2 heterocycles. The van der Waals surface area contributed by atoms with E-state index in [1.54, 1.807) is 0 Å². The molecule has 7 nitrogen and oxygen atoms in total. The van der Waals surface area contributed by atoms with Gasteiger partial charge in [0.2, 0.25) is 0 Å². The zero-order valence-corrected chi connectivity index (χ0v) is 21.5. The Hall–Kier alpha value is -1.39. The molecule has 0 bridgehead atoms. The number of piperazine rings is 1. The van der Waals surface area contributed by atoms with E-state index in [1.807, 2.05) is 0 Å². The summed E-state index contributed by atoms with van der Waals surface area (Å²) >= 11 is 0. The van der Waals surface area contributed by atoms with Crippen LogP contribution < -0.4 is 5.32 Å². The van der Waals surface area contributed by atoms with Gasteiger partial charge in [-0.3, -0.25) is 19.6 Å². The van der Waals surface area contributed by atoms with Crippen LogP contribution >= 0.6 is 24.0 Å². The summed E-state index contributed by atoms with van der Waals surface area (Å²) in [5, 5.41) is 3.39. The van der Waals surface area contributed by atoms with Crippen molar-refractivity contribution in [3.05, 3.63) is 35.9 Å². The van der Waals surface area contributed by atoms with Crippen LogP contribution in [-0.2, 0) is 16.1 Å². The summed E-state index contributed by atoms with van der Waals surface area (Å²) in [6.45, 7) is 13.7. The summed E-state index contributed by atoms with van der Waals surface area (Å²) < 4.78 is 4.96. The number of ether oxygens (including phenoxy) is 1. The van der Waals surface area contributed by atoms with Crippen LogP contribution in [-0.4, -0.2) is 92.6 Å². The van der Waals surface area contributed by atoms with Crippen molar-refractivity contribution < 1.29 is 9.53 Å². The van der Waals surface area contributed by atoms with Gasteiger partial charge >= 0.3 is 5.97 Å². The minimum absolute atomic E-state index is 0. The van der Waals surface area contributed by atoms with Gasteiger partial charge in [-0.2, -0.15) is 0 Å². The lowest BCUT2D eigenvalue weighted by atomic mass is 9.99. The minimum atomic E-state index is -0.116. The molecule has 31 heavy (non-hydrogen) atoms. The Kier molecular flexibility index (Phi) is 11.0. The summed E-state index contributed by atoms with van der Waals surface area (Å²) in [5.41, 5.74) is 1.39. The predicted octanol–water partition coefficient (Wildman–Crippen LogP) is 2.13. The summed E-state index contributed by atoms with van der Waals surface area (Å²) in [7, 11) is 1.47. The second kappa shape index (κ2) is 13.2. The van der Waals surface area contributed by atoms with Gasteiger partial charge in [-0.05, 0) is 18.4 Å². The van der Waals surface area contributed by atoms with E-state index in [9.17, 15) is 4.79 Å². The molecule has 3 rings (SSSR count). The van der Waals surface area contributed by atoms with E-state index >= 15 is 0 Å². The third-order valence-electron chi connectivity index (χ3n) is 6.14. The van der Waals surface area contributed by atoms with E-state index in [1.165, 1.54) is 12.7 Å². The molecule has 1 aromatic carbocycles. The highest BCUT2D eigenvalue weighted by Crippen LogP contribution is 2.24. The Morgan fingerprint density at radius 3 is 2.45 bits per heavy atom. The SMILES string of the molecule is CCNC(=NCCN1CCN(Cc2ccccc2)CC1)N1CC(C)C(C(=O)OC)C1.I. The second-order valence-corrected chi connectivity index (χ2v) is 8.35. The molecule has 0 spiro atoms. The van der Waals surface area contributed by atoms with E-state index < -0.39 is 0 Å². The zero-order chi connectivity index (χ0) is 21.3. The summed E-state index contributed by atoms with van der Waals surface area (Å²) in [6.07, 6.45) is 0. The molecule has 0 aliphatic carbocycles. The molecule has 2 saturated heterocycles. The van der Waals surface area contributed by atoms with Crippen LogP contribution in [0.4, 0.5) is 0 Å². The summed E-state index contributed by atoms with van der Waals surface area (Å²) in [5.74, 6) is 1.00. The maximum absolute atomic E-state index is 12.0. The van der Waals surface area contributed by atoms with Crippen LogP contribution in [0.1, 0.15) is 19.4 Å². The standard InChI is InChI=1S/C23H37N5O2.HI/c1-4-24-23(28-16-19(2)21(18-28)22(29)30-3)25-10-11-26-12-14-27(15-13-26)17-20-8-6-5-7-9-20;/h5-9,19,21H,4,10-18H2,1-3H3,(H,24,25);1H. The number of aliphatic imine (C=N–C) groups is 1. The van der Waals surface area contributed by atoms with Crippen molar-refractivity contribution in [2.75, 3.05) is 66.0 Å². The van der Waals surface area contributed by atoms with Crippen molar-refractivity contribution in [1.29, 1.82) is 0 Å². The Balaban J connectivity index is 0.00000341. The van der Waals surface area contributed by atoms with Gasteiger partial charge in [0.25, 0.3) is 0 Å². The number of rotatable bonds is 7. The average molecular weight is 543 g/mol. The maximum Gasteiger partial charge on any atom is 0.310 e. The lowest BCUT2D eigenvalue weighted by Gasteiger charge is -2.34. The minimum Gasteiger partial charge on any atom is -0.469 e. The summed E-state index contributed by atoms with van der Waals surface area (Å²) in [6, 6.07) is 10.7. The van der Waals surface area contributed by atoms with Crippen LogP contribution in [0, 0.1) is 11.8 Å². The molecule has 2 aliphatic heterocycles. The highest BCUT2D eigenvalue weighted by atomic mass is 127. The lowest BCUT2D eigenvalue weighted by molar-refractivity contribution is -0.145. The van der Waals surface area contributed by atoms with Crippen molar-refractivity contribution in [3.63, 3.8) is 0 Å². The third-order valence-corrected chi connectivity index (χ3v) is 6.14. The summed E-state index contributed by atoms with van der Waals surface area (Å²) in [4.78, 5) is 24.1. The normalized spacial score (nSPS) is 22.8. The van der Waals surface area contributed by atoms with E-state index in [2.05, 4.69) is 64.2 Å². The molecule has 1 aromatic rings. The Bertz CT molecular complexity index is 694. The van der Waals surface area contributed by atoms with Crippen molar-refractivity contribution in [1.82, 2.24) is 20.0 Å². The molecule has 0 amide bonds. The zero-order valence-electron chi connectivity index (χ0n) is 19.1. The van der Waals surface area contributed by atoms with Gasteiger partial charge in [0.1, 0.15) is 0 Å². The molecule has 8 heteroatoms. The fourth-order valence-electron chi connectivity index (χ4n) is 4.33. The number of guanidine groups is 1. The van der Waals surface area contributed by atoms with Gasteiger partial charge in [0.15, 0.2) is 5.96 Å². The van der Waals surface area contributed by atoms with Crippen LogP contribution in [0.2, 0.25) is 0 Å². The van der Waals surface area contributed by atoms with Crippen molar-refractivity contribution in [3.8, 4) is 0 Å². The number of nitrogens with one attached hydrogen (secondary N) is 1. The predicted molar refractivity (Wildman–Crippen MR) is 136 cm³/mol. The first-order chi connectivity index (χ1) is 14.6. The third kappa shape index (κ3) is 7.61. The largest absolute Gasteiger partial charge is 0.469 e. The number of benzene rings is 1. The molecule has 174 valence electrons. The van der Waals surface area contributed by atoms with Crippen LogP contribution in [0.15, 0.2) is 35.3 Å². The molecule has 2 atom stereocenters. The van der Waals surface area contributed by atoms with Gasteiger partial charge < -0.3 is 15.0 Å². The van der Waals surface area contributed by atoms with Crippen molar-refractivity contribution >= 4 is 35.9 Å². The topological polar surface area (TPSA) is 60.4 Å². The number of carbonyl (C=O) groups is 1. The molecule has 2 fully saturated rings. The molecule has 2 aliphatic rings. The Labute approximate surface area is 204 Å². The first-order valence-electron chi connectivity index (χ1n) is 11.2. The van der Waals surface area contributed by atoms with Crippen molar-refractivity contribution in [2.45, 2.75) is 20.4 Å². The number of likely N-dealkylation sites (tertiary alicyclic amines) is 1. The highest BCUT2D eigenvalue weighted by molar-refractivity contribution is 14.0. The molecular formula is C23H38IN5O2. The Morgan fingerprint density at radius 2 is 1.81 bits per heavy atom. The maximum atomic E-state index is 12.0. The van der Waals surface area contributed by atoms with E-state index in [0.717, 1.165) is 64.9 Å². The molecule has 2 unspecified atom stereocenters. The quantitative estimate of drug-likeness (QED) is 0.246. The van der Waals surface area contributed by atoms with Gasteiger partial charge in [-0.15, -0.1) is 24.0 Å². The number of hydrogen-bond donors (Lipinski definition) is 1. The fourth-order valence-corrected chi connectivity index (χ4v) is 4.33. The lowest BCUT2D eigenvalue weighted by Crippen LogP contribution is -2.47. The molecule has 1 N–H and O–H groups in total. The second-order valence-electron chi connectivity index (χ2n) is 8.35. The van der Waals surface area contributed by atoms with E-state index in [0.29, 0.717) is 6.54 Å². The van der Waals surface area contributed by atoms with Crippen molar-refractivity contribution in [2.24, 2.45) is 16.8 Å². The smallest absolute Gasteiger partial charge is 0.310 e. The van der Waals surface area contributed by atoms with E-state index in [4.69, 9.17) is 9.73 Å². The molecular weight excluding hydrogens is 505 g/mol. The monoisotopic (exact) mass is 543 g/mol. The fraction of sp³-hybridized carbons (Fsp3) is 0.652. The van der Waals surface area contributed by atoms with Gasteiger partial charge in [0.05, 0.1) is 19.6 Å². The molecule has 0 radical (unpaired) electrons. The van der Waals surface area contributed by atoms with Gasteiger partial charge in [0, 0.05) is 58.9 Å². The van der Waals surface area contributed by atoms with Gasteiger partial charge in [-0.1, -0.05) is 37.3 Å². The number of methoxy groups -OCH3 is 1. The van der Waals surface area contributed by atoms with Crippen LogP contribution in [0.25, 0.3) is 0 Å².